The molecule has 0 fully saturated rings. The maximum absolute atomic E-state index is 7.05. The van der Waals surface area contributed by atoms with Crippen LogP contribution in [0.25, 0.3) is 0 Å². The van der Waals surface area contributed by atoms with Crippen LogP contribution < -0.4 is 0 Å². The molecule has 0 nitrogen and oxygen atoms in total. The molecule has 0 atom stereocenters. The average molecular weight is 142 g/mol. The van der Waals surface area contributed by atoms with E-state index in [9.17, 15) is 0 Å². The quantitative estimate of drug-likeness (QED) is 0.518. The first-order valence-corrected chi connectivity index (χ1v) is 2.49. The first kappa shape index (κ1) is 1.22. The van der Waals surface area contributed by atoms with Crippen LogP contribution in [0.1, 0.15) is 26.5 Å². The molecule has 0 aromatic carbocycles. The van der Waals surface area contributed by atoms with E-state index in [-0.39, 0.29) is 6.42 Å². The van der Waals surface area contributed by atoms with Gasteiger partial charge in [0.25, 0.3) is 0 Å². The van der Waals surface area contributed by atoms with E-state index in [1.807, 2.05) is 0 Å². The zero-order valence-electron chi connectivity index (χ0n) is 7.79. The first-order chi connectivity index (χ1) is 4.31. The number of hydrogen-bond acceptors (Lipinski definition) is 0. The Morgan fingerprint density at radius 2 is 3.00 bits per heavy atom. The highest BCUT2D eigenvalue weighted by Crippen LogP contribution is 1.89. The molecule has 0 aliphatic rings. The summed E-state index contributed by atoms with van der Waals surface area (Å²) in [5, 5.41) is 0.373. The number of hydrogen-bond donors (Lipinski definition) is 0. The van der Waals surface area contributed by atoms with E-state index in [1.165, 1.54) is 0 Å². The minimum Gasteiger partial charge on any atom is -0.0928 e. The Bertz CT molecular complexity index is 107. The fourth-order valence-electron chi connectivity index (χ4n) is 0.0472. The van der Waals surface area contributed by atoms with Crippen molar-refractivity contribution in [3.05, 3.63) is 0 Å². The fraction of sp³-hybridized carbons (Fsp3) is 1.00. The molecule has 1 heteroatoms. The van der Waals surface area contributed by atoms with Gasteiger partial charge in [-0.1, -0.05) is 29.2 Å². The summed E-state index contributed by atoms with van der Waals surface area (Å²) in [7, 11) is 0. The SMILES string of the molecule is [2H]C([2H])([2H])C([2H])([2H])CCBr. The van der Waals surface area contributed by atoms with Gasteiger partial charge in [0.15, 0.2) is 0 Å². The summed E-state index contributed by atoms with van der Waals surface area (Å²) in [5.74, 6) is 0. The van der Waals surface area contributed by atoms with Gasteiger partial charge in [-0.2, -0.15) is 0 Å². The van der Waals surface area contributed by atoms with Crippen molar-refractivity contribution >= 4 is 15.9 Å². The Kier molecular flexibility index (Phi) is 1.10. The maximum atomic E-state index is 7.05. The van der Waals surface area contributed by atoms with Gasteiger partial charge in [0, 0.05) is 12.2 Å². The minimum absolute atomic E-state index is 0.0174. The van der Waals surface area contributed by atoms with Crippen LogP contribution in [0.5, 0.6) is 0 Å². The van der Waals surface area contributed by atoms with Crippen LogP contribution in [0, 0.1) is 0 Å². The van der Waals surface area contributed by atoms with Crippen LogP contribution in [0.4, 0.5) is 0 Å². The van der Waals surface area contributed by atoms with Gasteiger partial charge in [-0.25, -0.2) is 0 Å². The number of halogens is 1. The largest absolute Gasteiger partial charge is 0.0928 e. The molecule has 0 unspecified atom stereocenters. The van der Waals surface area contributed by atoms with Crippen LogP contribution in [-0.4, -0.2) is 5.33 Å². The monoisotopic (exact) mass is 141 g/mol. The maximum Gasteiger partial charge on any atom is 0.0264 e. The van der Waals surface area contributed by atoms with Crippen LogP contribution >= 0.6 is 15.9 Å². The van der Waals surface area contributed by atoms with Crippen molar-refractivity contribution in [1.29, 1.82) is 0 Å². The Balaban J connectivity index is 4.10. The van der Waals surface area contributed by atoms with Gasteiger partial charge in [0.05, 0.1) is 0 Å². The molecule has 0 heterocycles. The molecule has 0 N–H and O–H groups in total. The molecule has 0 aromatic heterocycles. The lowest BCUT2D eigenvalue weighted by Gasteiger charge is -1.77. The third kappa shape index (κ3) is 4.48. The molecule has 0 bridgehead atoms. The van der Waals surface area contributed by atoms with Crippen molar-refractivity contribution in [2.24, 2.45) is 0 Å². The summed E-state index contributed by atoms with van der Waals surface area (Å²) in [6.07, 6.45) is -2.04. The summed E-state index contributed by atoms with van der Waals surface area (Å²) in [6.45, 7) is -2.50. The van der Waals surface area contributed by atoms with E-state index >= 15 is 0 Å². The Morgan fingerprint density at radius 1 is 2.20 bits per heavy atom. The van der Waals surface area contributed by atoms with Crippen molar-refractivity contribution in [3.63, 3.8) is 0 Å². The van der Waals surface area contributed by atoms with E-state index in [0.717, 1.165) is 0 Å². The van der Waals surface area contributed by atoms with E-state index in [4.69, 9.17) is 6.85 Å². The highest BCUT2D eigenvalue weighted by Gasteiger charge is 1.69. The van der Waals surface area contributed by atoms with Crippen molar-refractivity contribution in [3.8, 4) is 0 Å². The van der Waals surface area contributed by atoms with Gasteiger partial charge in [0.1, 0.15) is 0 Å². The van der Waals surface area contributed by atoms with E-state index in [2.05, 4.69) is 15.9 Å². The topological polar surface area (TPSA) is 0 Å². The number of alkyl halides is 1. The molecule has 0 aliphatic heterocycles. The van der Waals surface area contributed by atoms with Crippen LogP contribution in [0.3, 0.4) is 0 Å². The summed E-state index contributed by atoms with van der Waals surface area (Å²) >= 11 is 2.99. The van der Waals surface area contributed by atoms with E-state index in [1.54, 1.807) is 0 Å². The fourth-order valence-corrected chi connectivity index (χ4v) is 0.245. The molecule has 32 valence electrons. The smallest absolute Gasteiger partial charge is 0.0264 e. The van der Waals surface area contributed by atoms with Crippen molar-refractivity contribution in [1.82, 2.24) is 0 Å². The Labute approximate surface area is 48.7 Å². The Hall–Kier alpha value is 0.480. The zero-order valence-corrected chi connectivity index (χ0v) is 4.38. The first-order valence-electron chi connectivity index (χ1n) is 3.87. The highest BCUT2D eigenvalue weighted by atomic mass is 79.9. The molecule has 0 aliphatic carbocycles. The van der Waals surface area contributed by atoms with Crippen molar-refractivity contribution < 1.29 is 6.85 Å². The van der Waals surface area contributed by atoms with Gasteiger partial charge in [-0.15, -0.1) is 0 Å². The molecule has 0 saturated heterocycles. The average Bonchev–Trinajstić information content (AvgIpc) is 1.61. The van der Waals surface area contributed by atoms with Crippen molar-refractivity contribution in [2.45, 2.75) is 19.6 Å². The van der Waals surface area contributed by atoms with Crippen LogP contribution in [0.15, 0.2) is 0 Å². The molecule has 0 rings (SSSR count). The second kappa shape index (κ2) is 4.48. The van der Waals surface area contributed by atoms with Crippen molar-refractivity contribution in [2.75, 3.05) is 5.33 Å². The normalized spacial score (nSPS) is 28.6. The molecular weight excluding hydrogens is 128 g/mol. The predicted octanol–water partition coefficient (Wildman–Crippen LogP) is 2.18. The highest BCUT2D eigenvalue weighted by molar-refractivity contribution is 9.09. The number of rotatable bonds is 2. The second-order valence-electron chi connectivity index (χ2n) is 0.616. The second-order valence-corrected chi connectivity index (χ2v) is 1.41. The standard InChI is InChI=1S/C4H9Br/c1-2-3-4-5/h2-4H2,1H3/i1D3,2D2. The molecule has 0 amide bonds. The summed E-state index contributed by atoms with van der Waals surface area (Å²) < 4.78 is 34.4. The molecular formula is C4H9Br. The minimum atomic E-state index is -2.50. The molecule has 0 aromatic rings. The predicted molar refractivity (Wildman–Crippen MR) is 28.7 cm³/mol. The third-order valence-corrected chi connectivity index (χ3v) is 0.616. The molecule has 0 radical (unpaired) electrons. The van der Waals surface area contributed by atoms with Crippen LogP contribution in [0.2, 0.25) is 0 Å². The van der Waals surface area contributed by atoms with E-state index < -0.39 is 13.2 Å². The van der Waals surface area contributed by atoms with Gasteiger partial charge in [-0.05, 0) is 6.42 Å². The zero-order chi connectivity index (χ0) is 8.41. The van der Waals surface area contributed by atoms with Gasteiger partial charge in [0.2, 0.25) is 0 Å². The molecule has 5 heavy (non-hydrogen) atoms. The summed E-state index contributed by atoms with van der Waals surface area (Å²) in [6, 6.07) is 0. The van der Waals surface area contributed by atoms with Crippen LogP contribution in [-0.2, 0) is 0 Å². The van der Waals surface area contributed by atoms with Gasteiger partial charge in [-0.3, -0.25) is 0 Å². The third-order valence-electron chi connectivity index (χ3n) is 0.219. The lowest BCUT2D eigenvalue weighted by molar-refractivity contribution is 0.902. The van der Waals surface area contributed by atoms with Gasteiger partial charge >= 0.3 is 0 Å². The molecule has 0 spiro atoms. The van der Waals surface area contributed by atoms with E-state index in [0.29, 0.717) is 5.33 Å². The Morgan fingerprint density at radius 3 is 3.20 bits per heavy atom. The molecule has 0 saturated carbocycles. The lowest BCUT2D eigenvalue weighted by Crippen LogP contribution is -1.64. The summed E-state index contributed by atoms with van der Waals surface area (Å²) in [4.78, 5) is 0. The van der Waals surface area contributed by atoms with Gasteiger partial charge < -0.3 is 0 Å². The summed E-state index contributed by atoms with van der Waals surface area (Å²) in [5.41, 5.74) is 0. The lowest BCUT2D eigenvalue weighted by atomic mass is 10.4.